The van der Waals surface area contributed by atoms with Crippen molar-refractivity contribution in [1.82, 2.24) is 0 Å². The zero-order chi connectivity index (χ0) is 14.0. The van der Waals surface area contributed by atoms with E-state index in [2.05, 4.69) is 4.72 Å². The van der Waals surface area contributed by atoms with Gasteiger partial charge in [0.15, 0.2) is 0 Å². The maximum absolute atomic E-state index is 13.3. The highest BCUT2D eigenvalue weighted by Crippen LogP contribution is 2.26. The van der Waals surface area contributed by atoms with Crippen molar-refractivity contribution in [1.29, 1.82) is 5.26 Å². The number of rotatable bonds is 3. The molecule has 0 radical (unpaired) electrons. The van der Waals surface area contributed by atoms with Crippen molar-refractivity contribution < 1.29 is 12.8 Å². The maximum atomic E-state index is 13.3. The molecular formula is C11H6FIN2O2S2. The van der Waals surface area contributed by atoms with Gasteiger partial charge in [0.2, 0.25) is 0 Å². The molecule has 0 aliphatic carbocycles. The quantitative estimate of drug-likeness (QED) is 0.794. The molecule has 4 nitrogen and oxygen atoms in total. The first-order valence-corrected chi connectivity index (χ1v) is 8.28. The van der Waals surface area contributed by atoms with Crippen LogP contribution in [0.15, 0.2) is 34.5 Å². The van der Waals surface area contributed by atoms with Gasteiger partial charge in [-0.1, -0.05) is 6.07 Å². The summed E-state index contributed by atoms with van der Waals surface area (Å²) >= 11 is 2.59. The molecule has 0 saturated heterocycles. The van der Waals surface area contributed by atoms with Crippen LogP contribution in [0, 0.1) is 20.7 Å². The van der Waals surface area contributed by atoms with Crippen LogP contribution < -0.4 is 4.72 Å². The van der Waals surface area contributed by atoms with Crippen LogP contribution in [0.4, 0.5) is 10.1 Å². The number of benzene rings is 1. The Balaban J connectivity index is 2.37. The number of halogens is 2. The first kappa shape index (κ1) is 14.2. The summed E-state index contributed by atoms with van der Waals surface area (Å²) in [4.78, 5) is 0.300. The Labute approximate surface area is 127 Å². The molecule has 0 bridgehead atoms. The molecule has 1 aromatic carbocycles. The van der Waals surface area contributed by atoms with Crippen LogP contribution >= 0.6 is 33.9 Å². The largest absolute Gasteiger partial charge is 0.278 e. The second-order valence-electron chi connectivity index (χ2n) is 3.44. The monoisotopic (exact) mass is 408 g/mol. The smallest absolute Gasteiger partial charge is 0.271 e. The molecule has 0 saturated carbocycles. The number of nitriles is 1. The van der Waals surface area contributed by atoms with Crippen molar-refractivity contribution in [3.63, 3.8) is 0 Å². The Kier molecular flexibility index (Phi) is 4.07. The molecule has 0 unspecified atom stereocenters. The van der Waals surface area contributed by atoms with E-state index in [-0.39, 0.29) is 13.5 Å². The SMILES string of the molecule is N#Cc1ccc(S(=O)(=O)Nc2cccc(F)c2I)s1. The zero-order valence-corrected chi connectivity index (χ0v) is 13.0. The van der Waals surface area contributed by atoms with Crippen LogP contribution in [0.3, 0.4) is 0 Å². The summed E-state index contributed by atoms with van der Waals surface area (Å²) in [7, 11) is -3.80. The van der Waals surface area contributed by atoms with Gasteiger partial charge in [0.05, 0.1) is 9.26 Å². The van der Waals surface area contributed by atoms with E-state index in [4.69, 9.17) is 5.26 Å². The number of sulfonamides is 1. The normalized spacial score (nSPS) is 11.0. The minimum Gasteiger partial charge on any atom is -0.278 e. The summed E-state index contributed by atoms with van der Waals surface area (Å²) in [5, 5.41) is 8.68. The number of hydrogen-bond donors (Lipinski definition) is 1. The van der Waals surface area contributed by atoms with Gasteiger partial charge < -0.3 is 0 Å². The molecule has 0 aliphatic rings. The fraction of sp³-hybridized carbons (Fsp3) is 0. The number of hydrogen-bond acceptors (Lipinski definition) is 4. The molecule has 0 aliphatic heterocycles. The third-order valence-electron chi connectivity index (χ3n) is 2.15. The van der Waals surface area contributed by atoms with Crippen molar-refractivity contribution >= 4 is 49.6 Å². The van der Waals surface area contributed by atoms with Crippen molar-refractivity contribution in [2.45, 2.75) is 4.21 Å². The second-order valence-corrected chi connectivity index (χ2v) is 7.51. The van der Waals surface area contributed by atoms with E-state index < -0.39 is 15.8 Å². The van der Waals surface area contributed by atoms with Crippen molar-refractivity contribution in [3.05, 3.63) is 44.6 Å². The average molecular weight is 408 g/mol. The first-order chi connectivity index (χ1) is 8.94. The van der Waals surface area contributed by atoms with E-state index in [1.54, 1.807) is 22.6 Å². The molecule has 1 N–H and O–H groups in total. The standard InChI is InChI=1S/C11H6FIN2O2S2/c12-8-2-1-3-9(11(8)13)15-19(16,17)10-5-4-7(6-14)18-10/h1-5,15H. The van der Waals surface area contributed by atoms with E-state index in [1.165, 1.54) is 30.3 Å². The van der Waals surface area contributed by atoms with Gasteiger partial charge in [-0.15, -0.1) is 11.3 Å². The van der Waals surface area contributed by atoms with Crippen molar-refractivity contribution in [3.8, 4) is 6.07 Å². The van der Waals surface area contributed by atoms with E-state index in [0.29, 0.717) is 4.88 Å². The van der Waals surface area contributed by atoms with E-state index in [1.807, 2.05) is 6.07 Å². The molecule has 0 fully saturated rings. The molecule has 98 valence electrons. The van der Waals surface area contributed by atoms with Gasteiger partial charge in [0.1, 0.15) is 21.0 Å². The summed E-state index contributed by atoms with van der Waals surface area (Å²) in [6, 6.07) is 8.78. The fourth-order valence-corrected chi connectivity index (χ4v) is 4.15. The Morgan fingerprint density at radius 2 is 2.05 bits per heavy atom. The predicted molar refractivity (Wildman–Crippen MR) is 79.0 cm³/mol. The van der Waals surface area contributed by atoms with E-state index in [9.17, 15) is 12.8 Å². The van der Waals surface area contributed by atoms with Crippen molar-refractivity contribution in [2.75, 3.05) is 4.72 Å². The molecular weight excluding hydrogens is 402 g/mol. The van der Waals surface area contributed by atoms with Crippen LogP contribution in [-0.4, -0.2) is 8.42 Å². The average Bonchev–Trinajstić information content (AvgIpc) is 2.84. The van der Waals surface area contributed by atoms with Gasteiger partial charge in [-0.3, -0.25) is 4.72 Å². The Hall–Kier alpha value is -1.18. The third-order valence-corrected chi connectivity index (χ3v) is 6.10. The lowest BCUT2D eigenvalue weighted by molar-refractivity contribution is 0.602. The highest BCUT2D eigenvalue weighted by Gasteiger charge is 2.19. The lowest BCUT2D eigenvalue weighted by Crippen LogP contribution is -2.12. The summed E-state index contributed by atoms with van der Waals surface area (Å²) in [5.74, 6) is -0.496. The van der Waals surface area contributed by atoms with Crippen LogP contribution in [0.1, 0.15) is 4.88 Å². The van der Waals surface area contributed by atoms with E-state index in [0.717, 1.165) is 11.3 Å². The van der Waals surface area contributed by atoms with Gasteiger partial charge in [0, 0.05) is 0 Å². The van der Waals surface area contributed by atoms with Gasteiger partial charge in [-0.2, -0.15) is 5.26 Å². The molecule has 0 atom stereocenters. The molecule has 1 aromatic heterocycles. The Morgan fingerprint density at radius 1 is 1.32 bits per heavy atom. The van der Waals surface area contributed by atoms with Crippen LogP contribution in [0.5, 0.6) is 0 Å². The molecule has 2 aromatic rings. The van der Waals surface area contributed by atoms with Crippen LogP contribution in [0.25, 0.3) is 0 Å². The molecule has 19 heavy (non-hydrogen) atoms. The predicted octanol–water partition coefficient (Wildman–Crippen LogP) is 3.16. The number of nitrogens with one attached hydrogen (secondary N) is 1. The summed E-state index contributed by atoms with van der Waals surface area (Å²) < 4.78 is 40.0. The fourth-order valence-electron chi connectivity index (χ4n) is 1.30. The van der Waals surface area contributed by atoms with Crippen LogP contribution in [-0.2, 0) is 10.0 Å². The van der Waals surface area contributed by atoms with Gasteiger partial charge in [-0.25, -0.2) is 12.8 Å². The highest BCUT2D eigenvalue weighted by molar-refractivity contribution is 14.1. The summed E-state index contributed by atoms with van der Waals surface area (Å²) in [6.45, 7) is 0. The summed E-state index contributed by atoms with van der Waals surface area (Å²) in [6.07, 6.45) is 0. The van der Waals surface area contributed by atoms with Gasteiger partial charge in [-0.05, 0) is 46.9 Å². The lowest BCUT2D eigenvalue weighted by Gasteiger charge is -2.08. The van der Waals surface area contributed by atoms with Crippen LogP contribution in [0.2, 0.25) is 0 Å². The Morgan fingerprint density at radius 3 is 2.68 bits per heavy atom. The molecule has 1 heterocycles. The van der Waals surface area contributed by atoms with Crippen molar-refractivity contribution in [2.24, 2.45) is 0 Å². The zero-order valence-electron chi connectivity index (χ0n) is 9.22. The number of anilines is 1. The van der Waals surface area contributed by atoms with Gasteiger partial charge >= 0.3 is 0 Å². The highest BCUT2D eigenvalue weighted by atomic mass is 127. The first-order valence-electron chi connectivity index (χ1n) is 4.91. The second kappa shape index (κ2) is 5.44. The number of nitrogens with zero attached hydrogens (tertiary/aromatic N) is 1. The number of thiophene rings is 1. The Bertz CT molecular complexity index is 765. The third kappa shape index (κ3) is 3.05. The molecule has 2 rings (SSSR count). The minimum atomic E-state index is -3.80. The van der Waals surface area contributed by atoms with E-state index >= 15 is 0 Å². The summed E-state index contributed by atoms with van der Waals surface area (Å²) in [5.41, 5.74) is 0.174. The minimum absolute atomic E-state index is 0.0177. The lowest BCUT2D eigenvalue weighted by atomic mass is 10.3. The molecule has 0 spiro atoms. The molecule has 0 amide bonds. The maximum Gasteiger partial charge on any atom is 0.271 e. The molecule has 8 heteroatoms. The van der Waals surface area contributed by atoms with Gasteiger partial charge in [0.25, 0.3) is 10.0 Å². The topological polar surface area (TPSA) is 70.0 Å².